The molecule has 0 aliphatic heterocycles. The summed E-state index contributed by atoms with van der Waals surface area (Å²) in [6.45, 7) is 3.60. The van der Waals surface area contributed by atoms with Crippen LogP contribution in [0.3, 0.4) is 0 Å². The highest BCUT2D eigenvalue weighted by Gasteiger charge is 2.32. The number of rotatable bonds is 4. The maximum absolute atomic E-state index is 12.6. The van der Waals surface area contributed by atoms with Crippen molar-refractivity contribution in [1.29, 1.82) is 5.26 Å². The van der Waals surface area contributed by atoms with Gasteiger partial charge in [-0.2, -0.15) is 5.26 Å². The predicted molar refractivity (Wildman–Crippen MR) is 90.5 cm³/mol. The molecule has 0 atom stereocenters. The van der Waals surface area contributed by atoms with E-state index in [-0.39, 0.29) is 0 Å². The fourth-order valence-corrected chi connectivity index (χ4v) is 2.30. The molecule has 0 saturated heterocycles. The molecule has 0 bridgehead atoms. The van der Waals surface area contributed by atoms with Crippen LogP contribution in [0.5, 0.6) is 11.5 Å². The Morgan fingerprint density at radius 1 is 1.13 bits per heavy atom. The number of esters is 1. The van der Waals surface area contributed by atoms with Crippen molar-refractivity contribution >= 4 is 21.9 Å². The zero-order valence-corrected chi connectivity index (χ0v) is 14.7. The third-order valence-corrected chi connectivity index (χ3v) is 4.10. The summed E-state index contributed by atoms with van der Waals surface area (Å²) in [5, 5.41) is 8.91. The van der Waals surface area contributed by atoms with Crippen molar-refractivity contribution in [3.8, 4) is 17.6 Å². The first-order valence-electron chi connectivity index (χ1n) is 6.95. The average Bonchev–Trinajstić information content (AvgIpc) is 2.55. The number of hydrogen-bond acceptors (Lipinski definition) is 4. The summed E-state index contributed by atoms with van der Waals surface area (Å²) >= 11 is 3.38. The lowest BCUT2D eigenvalue weighted by Gasteiger charge is -2.23. The lowest BCUT2D eigenvalue weighted by molar-refractivity contribution is -0.139. The van der Waals surface area contributed by atoms with Gasteiger partial charge in [0.25, 0.3) is 0 Å². The molecule has 0 spiro atoms. The first-order valence-corrected chi connectivity index (χ1v) is 7.74. The minimum absolute atomic E-state index is 0.293. The molecule has 5 heteroatoms. The maximum Gasteiger partial charge on any atom is 0.321 e. The molecular weight excluding hydrogens is 358 g/mol. The zero-order chi connectivity index (χ0) is 17.0. The Labute approximate surface area is 143 Å². The van der Waals surface area contributed by atoms with Crippen molar-refractivity contribution in [2.75, 3.05) is 7.11 Å². The first-order chi connectivity index (χ1) is 10.9. The van der Waals surface area contributed by atoms with Crippen LogP contribution in [0.1, 0.15) is 25.0 Å². The standard InChI is InChI=1S/C18H16BrNO3/c1-18(2,13-5-7-14(19)8-6-13)17(21)23-15-9-4-12(11-20)10-16(15)22-3/h4-10H,1-3H3. The molecule has 0 heterocycles. The Morgan fingerprint density at radius 2 is 1.78 bits per heavy atom. The SMILES string of the molecule is COc1cc(C#N)ccc1OC(=O)C(C)(C)c1ccc(Br)cc1. The largest absolute Gasteiger partial charge is 0.493 e. The highest BCUT2D eigenvalue weighted by molar-refractivity contribution is 9.10. The summed E-state index contributed by atoms with van der Waals surface area (Å²) in [6.07, 6.45) is 0. The van der Waals surface area contributed by atoms with Crippen LogP contribution < -0.4 is 9.47 Å². The van der Waals surface area contributed by atoms with Gasteiger partial charge in [0.15, 0.2) is 11.5 Å². The van der Waals surface area contributed by atoms with E-state index in [0.717, 1.165) is 10.0 Å². The normalized spacial score (nSPS) is 10.7. The van der Waals surface area contributed by atoms with Crippen LogP contribution in [-0.4, -0.2) is 13.1 Å². The van der Waals surface area contributed by atoms with Gasteiger partial charge in [-0.15, -0.1) is 0 Å². The fourth-order valence-electron chi connectivity index (χ4n) is 2.03. The van der Waals surface area contributed by atoms with E-state index < -0.39 is 11.4 Å². The van der Waals surface area contributed by atoms with Gasteiger partial charge in [0.05, 0.1) is 24.2 Å². The second kappa shape index (κ2) is 6.84. The van der Waals surface area contributed by atoms with Crippen LogP contribution >= 0.6 is 15.9 Å². The summed E-state index contributed by atoms with van der Waals surface area (Å²) in [5.74, 6) is 0.244. The van der Waals surface area contributed by atoms with Crippen LogP contribution in [0.25, 0.3) is 0 Å². The molecule has 0 unspecified atom stereocenters. The molecule has 0 fully saturated rings. The topological polar surface area (TPSA) is 59.3 Å². The van der Waals surface area contributed by atoms with E-state index in [0.29, 0.717) is 17.1 Å². The summed E-state index contributed by atoms with van der Waals surface area (Å²) in [6, 6.07) is 14.2. The fraction of sp³-hybridized carbons (Fsp3) is 0.222. The Balaban J connectivity index is 2.27. The van der Waals surface area contributed by atoms with Crippen LogP contribution in [0.2, 0.25) is 0 Å². The average molecular weight is 374 g/mol. The van der Waals surface area contributed by atoms with Gasteiger partial charge < -0.3 is 9.47 Å². The molecular formula is C18H16BrNO3. The van der Waals surface area contributed by atoms with Gasteiger partial charge >= 0.3 is 5.97 Å². The van der Waals surface area contributed by atoms with Crippen LogP contribution in [0, 0.1) is 11.3 Å². The molecule has 2 aromatic rings. The lowest BCUT2D eigenvalue weighted by Crippen LogP contribution is -2.33. The Kier molecular flexibility index (Phi) is 5.07. The minimum Gasteiger partial charge on any atom is -0.493 e. The summed E-state index contributed by atoms with van der Waals surface area (Å²) < 4.78 is 11.6. The monoisotopic (exact) mass is 373 g/mol. The van der Waals surface area contributed by atoms with E-state index in [4.69, 9.17) is 14.7 Å². The molecule has 0 N–H and O–H groups in total. The third-order valence-electron chi connectivity index (χ3n) is 3.57. The molecule has 0 aromatic heterocycles. The van der Waals surface area contributed by atoms with Gasteiger partial charge in [0.1, 0.15) is 0 Å². The number of carbonyl (C=O) groups is 1. The summed E-state index contributed by atoms with van der Waals surface area (Å²) in [7, 11) is 1.47. The minimum atomic E-state index is -0.820. The molecule has 0 aliphatic carbocycles. The second-order valence-electron chi connectivity index (χ2n) is 5.50. The Hall–Kier alpha value is -2.32. The molecule has 0 saturated carbocycles. The van der Waals surface area contributed by atoms with E-state index in [1.807, 2.05) is 30.3 Å². The third kappa shape index (κ3) is 3.72. The number of benzene rings is 2. The van der Waals surface area contributed by atoms with Crippen LogP contribution in [-0.2, 0) is 10.2 Å². The second-order valence-corrected chi connectivity index (χ2v) is 6.41. The van der Waals surface area contributed by atoms with Crippen molar-refractivity contribution < 1.29 is 14.3 Å². The van der Waals surface area contributed by atoms with Crippen molar-refractivity contribution in [1.82, 2.24) is 0 Å². The number of halogens is 1. The predicted octanol–water partition coefficient (Wildman–Crippen LogP) is 4.21. The quantitative estimate of drug-likeness (QED) is 0.594. The van der Waals surface area contributed by atoms with Gasteiger partial charge in [-0.3, -0.25) is 4.79 Å². The van der Waals surface area contributed by atoms with Crippen LogP contribution in [0.15, 0.2) is 46.9 Å². The maximum atomic E-state index is 12.6. The number of methoxy groups -OCH3 is 1. The van der Waals surface area contributed by atoms with E-state index in [1.165, 1.54) is 13.2 Å². The summed E-state index contributed by atoms with van der Waals surface area (Å²) in [4.78, 5) is 12.6. The lowest BCUT2D eigenvalue weighted by atomic mass is 9.85. The van der Waals surface area contributed by atoms with E-state index in [2.05, 4.69) is 15.9 Å². The molecule has 0 aliphatic rings. The van der Waals surface area contributed by atoms with E-state index in [1.54, 1.807) is 26.0 Å². The molecule has 0 amide bonds. The smallest absolute Gasteiger partial charge is 0.321 e. The molecule has 0 radical (unpaired) electrons. The number of nitriles is 1. The molecule has 2 rings (SSSR count). The molecule has 4 nitrogen and oxygen atoms in total. The summed E-state index contributed by atoms with van der Waals surface area (Å²) in [5.41, 5.74) is 0.465. The Morgan fingerprint density at radius 3 is 2.35 bits per heavy atom. The number of hydrogen-bond donors (Lipinski definition) is 0. The highest BCUT2D eigenvalue weighted by atomic mass is 79.9. The highest BCUT2D eigenvalue weighted by Crippen LogP contribution is 2.32. The van der Waals surface area contributed by atoms with Gasteiger partial charge in [-0.05, 0) is 43.7 Å². The van der Waals surface area contributed by atoms with Crippen molar-refractivity contribution in [2.24, 2.45) is 0 Å². The van der Waals surface area contributed by atoms with Crippen molar-refractivity contribution in [3.63, 3.8) is 0 Å². The molecule has 118 valence electrons. The van der Waals surface area contributed by atoms with Crippen LogP contribution in [0.4, 0.5) is 0 Å². The van der Waals surface area contributed by atoms with Gasteiger partial charge in [0, 0.05) is 10.5 Å². The van der Waals surface area contributed by atoms with E-state index in [9.17, 15) is 4.79 Å². The van der Waals surface area contributed by atoms with Crippen molar-refractivity contribution in [3.05, 3.63) is 58.1 Å². The molecule has 23 heavy (non-hydrogen) atoms. The van der Waals surface area contributed by atoms with Gasteiger partial charge in [-0.1, -0.05) is 28.1 Å². The van der Waals surface area contributed by atoms with Gasteiger partial charge in [0.2, 0.25) is 0 Å². The van der Waals surface area contributed by atoms with Crippen molar-refractivity contribution in [2.45, 2.75) is 19.3 Å². The number of nitrogens with zero attached hydrogens (tertiary/aromatic N) is 1. The zero-order valence-electron chi connectivity index (χ0n) is 13.1. The van der Waals surface area contributed by atoms with Gasteiger partial charge in [-0.25, -0.2) is 0 Å². The number of carbonyl (C=O) groups excluding carboxylic acids is 1. The Bertz CT molecular complexity index is 761. The number of ether oxygens (including phenoxy) is 2. The first kappa shape index (κ1) is 17.0. The molecule has 2 aromatic carbocycles. The van der Waals surface area contributed by atoms with E-state index >= 15 is 0 Å².